The maximum absolute atomic E-state index is 12.0. The molecule has 0 saturated heterocycles. The predicted octanol–water partition coefficient (Wildman–Crippen LogP) is 2.38. The molecule has 0 aliphatic carbocycles. The molecule has 1 atom stereocenters. The monoisotopic (exact) mass is 254 g/mol. The Balaban J connectivity index is 2.21. The fourth-order valence-corrected chi connectivity index (χ4v) is 2.90. The highest BCUT2D eigenvalue weighted by atomic mass is 35.5. The summed E-state index contributed by atoms with van der Waals surface area (Å²) >= 11 is 6.01. The highest BCUT2D eigenvalue weighted by Crippen LogP contribution is 2.18. The summed E-state index contributed by atoms with van der Waals surface area (Å²) in [6.45, 7) is 0. The second-order valence-electron chi connectivity index (χ2n) is 3.40. The molecule has 1 heterocycles. The van der Waals surface area contributed by atoms with Gasteiger partial charge in [0.25, 0.3) is 0 Å². The lowest BCUT2D eigenvalue weighted by molar-refractivity contribution is 0.664. The number of aryl methyl sites for hydroxylation is 1. The van der Waals surface area contributed by atoms with Crippen molar-refractivity contribution < 1.29 is 4.21 Å². The van der Waals surface area contributed by atoms with Gasteiger partial charge in [-0.3, -0.25) is 4.21 Å². The molecule has 0 spiro atoms. The minimum absolute atomic E-state index is 0.393. The average Bonchev–Trinajstić information content (AvgIpc) is 2.68. The topological polar surface area (TPSA) is 34.9 Å². The van der Waals surface area contributed by atoms with E-state index in [1.165, 1.54) is 0 Å². The molecule has 1 aromatic carbocycles. The summed E-state index contributed by atoms with van der Waals surface area (Å²) in [6.07, 6.45) is 3.42. The molecule has 0 saturated carbocycles. The van der Waals surface area contributed by atoms with Crippen molar-refractivity contribution in [1.82, 2.24) is 9.55 Å². The number of benzene rings is 1. The summed E-state index contributed by atoms with van der Waals surface area (Å²) in [5.74, 6) is 0.393. The van der Waals surface area contributed by atoms with Gasteiger partial charge in [-0.2, -0.15) is 0 Å². The van der Waals surface area contributed by atoms with Crippen molar-refractivity contribution in [3.8, 4) is 0 Å². The first kappa shape index (κ1) is 11.4. The number of hydrogen-bond acceptors (Lipinski definition) is 2. The molecule has 0 amide bonds. The van der Waals surface area contributed by atoms with Gasteiger partial charge in [-0.25, -0.2) is 4.98 Å². The maximum Gasteiger partial charge on any atom is 0.199 e. The third-order valence-electron chi connectivity index (χ3n) is 2.23. The average molecular weight is 255 g/mol. The fraction of sp³-hybridized carbons (Fsp3) is 0.182. The highest BCUT2D eigenvalue weighted by molar-refractivity contribution is 7.84. The molecule has 84 valence electrons. The first-order valence-electron chi connectivity index (χ1n) is 4.77. The van der Waals surface area contributed by atoms with Gasteiger partial charge in [-0.05, 0) is 11.6 Å². The Kier molecular flexibility index (Phi) is 3.41. The molecule has 0 bridgehead atoms. The van der Waals surface area contributed by atoms with Gasteiger partial charge in [-0.15, -0.1) is 0 Å². The third kappa shape index (κ3) is 2.33. The van der Waals surface area contributed by atoms with E-state index in [1.807, 2.05) is 25.2 Å². The molecule has 0 aliphatic heterocycles. The van der Waals surface area contributed by atoms with Crippen LogP contribution in [0.4, 0.5) is 0 Å². The first-order chi connectivity index (χ1) is 7.68. The van der Waals surface area contributed by atoms with Crippen LogP contribution in [-0.4, -0.2) is 13.8 Å². The van der Waals surface area contributed by atoms with Gasteiger partial charge in [0.15, 0.2) is 5.16 Å². The zero-order valence-corrected chi connectivity index (χ0v) is 10.3. The molecule has 2 aromatic rings. The van der Waals surface area contributed by atoms with Crippen LogP contribution in [0.15, 0.2) is 41.8 Å². The van der Waals surface area contributed by atoms with E-state index in [0.717, 1.165) is 5.56 Å². The maximum atomic E-state index is 12.0. The lowest BCUT2D eigenvalue weighted by Crippen LogP contribution is -2.03. The number of hydrogen-bond donors (Lipinski definition) is 0. The molecule has 1 aromatic heterocycles. The van der Waals surface area contributed by atoms with Crippen LogP contribution < -0.4 is 0 Å². The van der Waals surface area contributed by atoms with Crippen LogP contribution in [-0.2, 0) is 23.6 Å². The molecule has 3 nitrogen and oxygen atoms in total. The smallest absolute Gasteiger partial charge is 0.199 e. The van der Waals surface area contributed by atoms with Crippen LogP contribution in [0.25, 0.3) is 0 Å². The Morgan fingerprint density at radius 2 is 2.19 bits per heavy atom. The Morgan fingerprint density at radius 3 is 2.81 bits per heavy atom. The molecule has 5 heteroatoms. The van der Waals surface area contributed by atoms with Crippen molar-refractivity contribution in [1.29, 1.82) is 0 Å². The van der Waals surface area contributed by atoms with E-state index in [0.29, 0.717) is 15.9 Å². The normalized spacial score (nSPS) is 12.6. The Morgan fingerprint density at radius 1 is 1.44 bits per heavy atom. The van der Waals surface area contributed by atoms with Gasteiger partial charge in [-0.1, -0.05) is 29.8 Å². The third-order valence-corrected chi connectivity index (χ3v) is 3.97. The number of halogens is 1. The van der Waals surface area contributed by atoms with Crippen LogP contribution >= 0.6 is 11.6 Å². The summed E-state index contributed by atoms with van der Waals surface area (Å²) in [5, 5.41) is 1.21. The van der Waals surface area contributed by atoms with E-state index in [2.05, 4.69) is 4.98 Å². The van der Waals surface area contributed by atoms with Gasteiger partial charge in [0.1, 0.15) is 0 Å². The molecule has 16 heavy (non-hydrogen) atoms. The van der Waals surface area contributed by atoms with Crippen molar-refractivity contribution in [2.45, 2.75) is 10.9 Å². The fourth-order valence-electron chi connectivity index (χ4n) is 1.39. The summed E-state index contributed by atoms with van der Waals surface area (Å²) in [4.78, 5) is 4.06. The van der Waals surface area contributed by atoms with Crippen molar-refractivity contribution in [3.05, 3.63) is 47.2 Å². The lowest BCUT2D eigenvalue weighted by Gasteiger charge is -2.04. The summed E-state index contributed by atoms with van der Waals surface area (Å²) in [7, 11) is 0.669. The van der Waals surface area contributed by atoms with Crippen LogP contribution in [0.5, 0.6) is 0 Å². The van der Waals surface area contributed by atoms with Crippen molar-refractivity contribution in [2.75, 3.05) is 0 Å². The molecule has 0 aliphatic rings. The van der Waals surface area contributed by atoms with Gasteiger partial charge in [0.2, 0.25) is 0 Å². The van der Waals surface area contributed by atoms with Gasteiger partial charge >= 0.3 is 0 Å². The van der Waals surface area contributed by atoms with Crippen molar-refractivity contribution >= 4 is 22.4 Å². The standard InChI is InChI=1S/C11H11ClN2OS/c1-14-7-6-13-11(14)16(15)8-9-4-2-3-5-10(9)12/h2-7H,8H2,1H3. The summed E-state index contributed by atoms with van der Waals surface area (Å²) in [6, 6.07) is 7.42. The molecule has 0 radical (unpaired) electrons. The zero-order valence-electron chi connectivity index (χ0n) is 8.76. The Labute approximate surface area is 102 Å². The molecule has 1 unspecified atom stereocenters. The highest BCUT2D eigenvalue weighted by Gasteiger charge is 2.11. The Bertz CT molecular complexity index is 524. The van der Waals surface area contributed by atoms with Crippen LogP contribution in [0.1, 0.15) is 5.56 Å². The van der Waals surface area contributed by atoms with E-state index >= 15 is 0 Å². The quantitative estimate of drug-likeness (QED) is 0.843. The summed E-state index contributed by atoms with van der Waals surface area (Å²) < 4.78 is 13.8. The van der Waals surface area contributed by atoms with Crippen molar-refractivity contribution in [2.24, 2.45) is 7.05 Å². The van der Waals surface area contributed by atoms with Crippen LogP contribution in [0.3, 0.4) is 0 Å². The zero-order chi connectivity index (χ0) is 11.5. The molecule has 0 fully saturated rings. The van der Waals surface area contributed by atoms with Crippen molar-refractivity contribution in [3.63, 3.8) is 0 Å². The van der Waals surface area contributed by atoms with Gasteiger partial charge in [0, 0.05) is 24.5 Å². The second kappa shape index (κ2) is 4.80. The predicted molar refractivity (Wildman–Crippen MR) is 64.8 cm³/mol. The van der Waals surface area contributed by atoms with E-state index < -0.39 is 10.8 Å². The van der Waals surface area contributed by atoms with Crippen LogP contribution in [0, 0.1) is 0 Å². The van der Waals surface area contributed by atoms with Gasteiger partial charge in [0.05, 0.1) is 16.6 Å². The van der Waals surface area contributed by atoms with E-state index in [1.54, 1.807) is 23.0 Å². The molecule has 2 rings (SSSR count). The van der Waals surface area contributed by atoms with E-state index in [9.17, 15) is 4.21 Å². The Hall–Kier alpha value is -1.13. The lowest BCUT2D eigenvalue weighted by atomic mass is 10.2. The second-order valence-corrected chi connectivity index (χ2v) is 5.15. The molecule has 0 N–H and O–H groups in total. The number of rotatable bonds is 3. The number of aromatic nitrogens is 2. The van der Waals surface area contributed by atoms with Gasteiger partial charge < -0.3 is 4.57 Å². The minimum atomic E-state index is -1.16. The SMILES string of the molecule is Cn1ccnc1S(=O)Cc1ccccc1Cl. The molecular weight excluding hydrogens is 244 g/mol. The van der Waals surface area contributed by atoms with E-state index in [-0.39, 0.29) is 0 Å². The first-order valence-corrected chi connectivity index (χ1v) is 6.47. The summed E-state index contributed by atoms with van der Waals surface area (Å²) in [5.41, 5.74) is 0.880. The molecular formula is C11H11ClN2OS. The number of nitrogens with zero attached hydrogens (tertiary/aromatic N) is 2. The van der Waals surface area contributed by atoms with Crippen LogP contribution in [0.2, 0.25) is 5.02 Å². The number of imidazole rings is 1. The minimum Gasteiger partial charge on any atom is -0.327 e. The van der Waals surface area contributed by atoms with E-state index in [4.69, 9.17) is 11.6 Å². The largest absolute Gasteiger partial charge is 0.327 e.